The molecular formula is C34H41FN7O7P. The van der Waals surface area contributed by atoms with Crippen molar-refractivity contribution in [3.63, 3.8) is 0 Å². The lowest BCUT2D eigenvalue weighted by molar-refractivity contribution is -0.148. The fourth-order valence-electron chi connectivity index (χ4n) is 5.65. The molecule has 0 radical (unpaired) electrons. The maximum absolute atomic E-state index is 16.6. The second-order valence-electron chi connectivity index (χ2n) is 13.8. The number of anilines is 2. The Balaban J connectivity index is 1.27. The number of benzene rings is 2. The molecule has 1 unspecified atom stereocenters. The van der Waals surface area contributed by atoms with Gasteiger partial charge in [0.2, 0.25) is 11.6 Å². The maximum atomic E-state index is 16.6. The van der Waals surface area contributed by atoms with Gasteiger partial charge >= 0.3 is 13.7 Å². The fourth-order valence-corrected chi connectivity index (χ4v) is 7.17. The van der Waals surface area contributed by atoms with E-state index in [1.54, 1.807) is 24.3 Å². The van der Waals surface area contributed by atoms with Crippen LogP contribution in [0.2, 0.25) is 0 Å². The van der Waals surface area contributed by atoms with Crippen LogP contribution in [0.3, 0.4) is 0 Å². The number of aliphatic hydroxyl groups is 1. The number of aliphatic hydroxyl groups excluding tert-OH is 1. The molecule has 16 heteroatoms. The number of hydrogen-bond donors (Lipinski definition) is 3. The zero-order chi connectivity index (χ0) is 36.0. The van der Waals surface area contributed by atoms with Crippen LogP contribution in [0.1, 0.15) is 46.8 Å². The van der Waals surface area contributed by atoms with Crippen molar-refractivity contribution in [2.45, 2.75) is 76.7 Å². The summed E-state index contributed by atoms with van der Waals surface area (Å²) in [6.07, 6.45) is 3.86. The number of rotatable bonds is 12. The number of carbonyl (C=O) groups excluding carboxylic acids is 1. The van der Waals surface area contributed by atoms with Crippen LogP contribution >= 0.6 is 7.75 Å². The van der Waals surface area contributed by atoms with Crippen molar-refractivity contribution < 1.29 is 37.4 Å². The molecule has 0 bridgehead atoms. The third-order valence-electron chi connectivity index (χ3n) is 8.50. The van der Waals surface area contributed by atoms with Crippen molar-refractivity contribution in [1.29, 1.82) is 0 Å². The van der Waals surface area contributed by atoms with E-state index >= 15 is 4.39 Å². The molecule has 1 aliphatic carbocycles. The van der Waals surface area contributed by atoms with Crippen molar-refractivity contribution in [3.05, 3.63) is 48.8 Å². The zero-order valence-electron chi connectivity index (χ0n) is 28.4. The summed E-state index contributed by atoms with van der Waals surface area (Å²) < 4.78 is 55.5. The Bertz CT molecular complexity index is 1990. The van der Waals surface area contributed by atoms with E-state index in [4.69, 9.17) is 30.7 Å². The number of imidazole rings is 1. The van der Waals surface area contributed by atoms with Gasteiger partial charge in [0, 0.05) is 18.5 Å². The van der Waals surface area contributed by atoms with E-state index in [1.165, 1.54) is 17.8 Å². The molecule has 1 saturated carbocycles. The SMILES string of the molecule is C#C[C@@]1(F)[C@H](O)[C@@H](COP(=O)(N[C@@H](C)C(=O)OCC(C)(C)C)Oc2cccc3ccccc23)O[C@H]1n1cnc2c(N(C)C3CC3)nc(N)nc21. The van der Waals surface area contributed by atoms with Gasteiger partial charge in [0.05, 0.1) is 19.5 Å². The number of terminal acetylenes is 1. The molecule has 6 atom stereocenters. The van der Waals surface area contributed by atoms with Gasteiger partial charge in [0.15, 0.2) is 23.2 Å². The average Bonchev–Trinajstić information content (AvgIpc) is 3.80. The summed E-state index contributed by atoms with van der Waals surface area (Å²) in [5, 5.41) is 15.3. The lowest BCUT2D eigenvalue weighted by Crippen LogP contribution is -2.42. The molecule has 2 aliphatic rings. The number of halogens is 1. The van der Waals surface area contributed by atoms with Crippen LogP contribution in [-0.4, -0.2) is 80.8 Å². The number of nitrogens with one attached hydrogen (secondary N) is 1. The first-order valence-corrected chi connectivity index (χ1v) is 17.8. The molecule has 0 amide bonds. The van der Waals surface area contributed by atoms with Gasteiger partial charge in [0.1, 0.15) is 24.0 Å². The summed E-state index contributed by atoms with van der Waals surface area (Å²) in [6, 6.07) is 11.5. The van der Waals surface area contributed by atoms with E-state index in [1.807, 2.05) is 56.8 Å². The summed E-state index contributed by atoms with van der Waals surface area (Å²) in [5.74, 6) is 1.91. The summed E-state index contributed by atoms with van der Waals surface area (Å²) >= 11 is 0. The standard InChI is InChI=1S/C34H41FN7O7P/c1-7-34(35)27(43)25(48-31(34)42-19-37-26-28(41(6)22-15-16-22)38-32(36)39-29(26)42)17-47-50(45,40-20(2)30(44)46-18-33(3,4)5)49-24-14-10-12-21-11-8-9-13-23(21)24/h1,8-14,19-20,22,25,27,31,43H,15-18H2,2-6H3,(H,40,45)(H2,36,38,39)/t20-,25+,27+,31+,34+,50?/m0/s1. The van der Waals surface area contributed by atoms with Crippen LogP contribution in [0.4, 0.5) is 16.2 Å². The first-order chi connectivity index (χ1) is 23.6. The molecule has 14 nitrogen and oxygen atoms in total. The molecule has 0 spiro atoms. The van der Waals surface area contributed by atoms with E-state index in [-0.39, 0.29) is 35.4 Å². The van der Waals surface area contributed by atoms with Crippen LogP contribution in [0, 0.1) is 17.8 Å². The first-order valence-electron chi connectivity index (χ1n) is 16.2. The van der Waals surface area contributed by atoms with Gasteiger partial charge in [-0.05, 0) is 36.6 Å². The predicted molar refractivity (Wildman–Crippen MR) is 185 cm³/mol. The van der Waals surface area contributed by atoms with Gasteiger partial charge in [-0.3, -0.25) is 13.9 Å². The van der Waals surface area contributed by atoms with Crippen LogP contribution in [0.15, 0.2) is 48.8 Å². The van der Waals surface area contributed by atoms with Gasteiger partial charge < -0.3 is 29.7 Å². The molecule has 2 aromatic heterocycles. The number of nitrogens with two attached hydrogens (primary N) is 1. The Labute approximate surface area is 289 Å². The molecule has 4 N–H and O–H groups in total. The highest BCUT2D eigenvalue weighted by molar-refractivity contribution is 7.52. The quantitative estimate of drug-likeness (QED) is 0.106. The Kier molecular flexibility index (Phi) is 9.53. The molecule has 50 heavy (non-hydrogen) atoms. The molecule has 2 fully saturated rings. The Morgan fingerprint density at radius 3 is 2.70 bits per heavy atom. The minimum Gasteiger partial charge on any atom is -0.464 e. The number of aromatic nitrogens is 4. The first kappa shape index (κ1) is 35.5. The third-order valence-corrected chi connectivity index (χ3v) is 10.1. The Morgan fingerprint density at radius 1 is 1.28 bits per heavy atom. The lowest BCUT2D eigenvalue weighted by Gasteiger charge is -2.26. The number of hydrogen-bond acceptors (Lipinski definition) is 12. The number of esters is 1. The molecular weight excluding hydrogens is 668 g/mol. The third kappa shape index (κ3) is 7.12. The van der Waals surface area contributed by atoms with Gasteiger partial charge in [-0.1, -0.05) is 63.1 Å². The zero-order valence-corrected chi connectivity index (χ0v) is 29.3. The lowest BCUT2D eigenvalue weighted by atomic mass is 9.97. The molecule has 3 heterocycles. The highest BCUT2D eigenvalue weighted by Crippen LogP contribution is 2.49. The van der Waals surface area contributed by atoms with Crippen molar-refractivity contribution in [2.75, 3.05) is 30.9 Å². The highest BCUT2D eigenvalue weighted by atomic mass is 31.2. The van der Waals surface area contributed by atoms with Gasteiger partial charge in [-0.25, -0.2) is 13.9 Å². The Hall–Kier alpha value is -4.32. The van der Waals surface area contributed by atoms with Crippen molar-refractivity contribution in [1.82, 2.24) is 24.6 Å². The number of alkyl halides is 1. The summed E-state index contributed by atoms with van der Waals surface area (Å²) in [5.41, 5.74) is 3.41. The predicted octanol–water partition coefficient (Wildman–Crippen LogP) is 4.53. The van der Waals surface area contributed by atoms with E-state index < -0.39 is 50.5 Å². The van der Waals surface area contributed by atoms with Gasteiger partial charge in [0.25, 0.3) is 0 Å². The number of carbonyl (C=O) groups is 1. The van der Waals surface area contributed by atoms with Crippen molar-refractivity contribution >= 4 is 47.4 Å². The largest absolute Gasteiger partial charge is 0.464 e. The Morgan fingerprint density at radius 2 is 2.00 bits per heavy atom. The number of nitrogen functional groups attached to an aromatic ring is 1. The topological polar surface area (TPSA) is 176 Å². The van der Waals surface area contributed by atoms with Crippen molar-refractivity contribution in [3.8, 4) is 18.1 Å². The molecule has 1 saturated heterocycles. The van der Waals surface area contributed by atoms with Crippen LogP contribution in [0.5, 0.6) is 5.75 Å². The highest BCUT2D eigenvalue weighted by Gasteiger charge is 2.58. The molecule has 1 aliphatic heterocycles. The van der Waals surface area contributed by atoms with E-state index in [2.05, 4.69) is 20.0 Å². The number of fused-ring (bicyclic) bond motifs is 2. The summed E-state index contributed by atoms with van der Waals surface area (Å²) in [6.45, 7) is 6.59. The molecule has 2 aromatic carbocycles. The normalized spacial score (nSPS) is 24.1. The van der Waals surface area contributed by atoms with Crippen molar-refractivity contribution in [2.24, 2.45) is 5.41 Å². The van der Waals surface area contributed by atoms with Crippen LogP contribution in [-0.2, 0) is 23.4 Å². The minimum atomic E-state index is -4.47. The van der Waals surface area contributed by atoms with Crippen LogP contribution < -0.4 is 20.2 Å². The van der Waals surface area contributed by atoms with Crippen LogP contribution in [0.25, 0.3) is 21.9 Å². The number of ether oxygens (including phenoxy) is 2. The second kappa shape index (κ2) is 13.4. The van der Waals surface area contributed by atoms with Gasteiger partial charge in [-0.2, -0.15) is 15.1 Å². The van der Waals surface area contributed by atoms with E-state index in [0.717, 1.165) is 18.2 Å². The smallest absolute Gasteiger partial charge is 0.459 e. The van der Waals surface area contributed by atoms with E-state index in [9.17, 15) is 14.5 Å². The number of nitrogens with zero attached hydrogens (tertiary/aromatic N) is 5. The molecule has 4 aromatic rings. The minimum absolute atomic E-state index is 0.0712. The van der Waals surface area contributed by atoms with E-state index in [0.29, 0.717) is 16.7 Å². The summed E-state index contributed by atoms with van der Waals surface area (Å²) in [4.78, 5) is 27.9. The van der Waals surface area contributed by atoms with Gasteiger partial charge in [-0.15, -0.1) is 6.42 Å². The monoisotopic (exact) mass is 709 g/mol. The fraction of sp³-hybridized carbons (Fsp3) is 0.471. The maximum Gasteiger partial charge on any atom is 0.459 e. The summed E-state index contributed by atoms with van der Waals surface area (Å²) in [7, 11) is -2.61. The molecule has 6 rings (SSSR count). The average molecular weight is 710 g/mol. The second-order valence-corrected chi connectivity index (χ2v) is 15.5. The molecule has 266 valence electrons.